The Hall–Kier alpha value is -1.72. The highest BCUT2D eigenvalue weighted by atomic mass is 16.5. The number of hydrogen-bond donors (Lipinski definition) is 0. The van der Waals surface area contributed by atoms with Crippen LogP contribution in [0.15, 0.2) is 60.7 Å². The van der Waals surface area contributed by atoms with Crippen molar-refractivity contribution in [3.63, 3.8) is 0 Å². The molecule has 1 aliphatic carbocycles. The molecule has 0 aromatic heterocycles. The minimum atomic E-state index is 0.329. The molecular weight excluding hydrogens is 408 g/mol. The van der Waals surface area contributed by atoms with Gasteiger partial charge in [-0.2, -0.15) is 0 Å². The number of piperidine rings is 1. The second-order valence-corrected chi connectivity index (χ2v) is 10.2. The molecule has 1 saturated heterocycles. The van der Waals surface area contributed by atoms with Crippen molar-refractivity contribution in [1.29, 1.82) is 0 Å². The SMILES string of the molecule is COCCO[C@H]1CC[C@](C)(N2CCC(N(Cc3ccccc3)Cc3ccccc3)CC2)CC1. The van der Waals surface area contributed by atoms with Gasteiger partial charge in [-0.25, -0.2) is 0 Å². The first-order valence-corrected chi connectivity index (χ1v) is 12.8. The fraction of sp³-hybridized carbons (Fsp3) is 0.586. The summed E-state index contributed by atoms with van der Waals surface area (Å²) in [5.41, 5.74) is 3.15. The molecule has 0 amide bonds. The highest BCUT2D eigenvalue weighted by Gasteiger charge is 2.38. The average molecular weight is 451 g/mol. The maximum absolute atomic E-state index is 6.02. The largest absolute Gasteiger partial charge is 0.382 e. The van der Waals surface area contributed by atoms with Crippen molar-refractivity contribution in [2.45, 2.75) is 76.2 Å². The van der Waals surface area contributed by atoms with Crippen LogP contribution in [0.2, 0.25) is 0 Å². The second-order valence-electron chi connectivity index (χ2n) is 10.2. The summed E-state index contributed by atoms with van der Waals surface area (Å²) in [6.07, 6.45) is 7.76. The van der Waals surface area contributed by atoms with Crippen molar-refractivity contribution >= 4 is 0 Å². The molecule has 0 radical (unpaired) electrons. The molecule has 2 aromatic carbocycles. The smallest absolute Gasteiger partial charge is 0.0704 e. The third-order valence-corrected chi connectivity index (χ3v) is 7.85. The van der Waals surface area contributed by atoms with Gasteiger partial charge in [-0.1, -0.05) is 60.7 Å². The summed E-state index contributed by atoms with van der Waals surface area (Å²) in [7, 11) is 1.74. The molecule has 0 unspecified atom stereocenters. The molecule has 33 heavy (non-hydrogen) atoms. The Morgan fingerprint density at radius 3 is 1.88 bits per heavy atom. The van der Waals surface area contributed by atoms with Crippen molar-refractivity contribution in [3.05, 3.63) is 71.8 Å². The maximum atomic E-state index is 6.02. The minimum Gasteiger partial charge on any atom is -0.382 e. The number of methoxy groups -OCH3 is 1. The standard InChI is InChI=1S/C29H42N2O2/c1-29(17-13-28(14-18-29)33-22-21-32-2)31-19-15-27(16-20-31)30(23-25-9-5-3-6-10-25)24-26-11-7-4-8-12-26/h3-12,27-28H,13-24H2,1-2H3/t28-,29-. The zero-order valence-corrected chi connectivity index (χ0v) is 20.6. The van der Waals surface area contributed by atoms with Crippen LogP contribution in [-0.4, -0.2) is 60.9 Å². The summed E-state index contributed by atoms with van der Waals surface area (Å²) in [6, 6.07) is 22.6. The number of likely N-dealkylation sites (tertiary alicyclic amines) is 1. The molecule has 0 bridgehead atoms. The van der Waals surface area contributed by atoms with Gasteiger partial charge in [-0.05, 0) is 56.6 Å². The molecule has 4 nitrogen and oxygen atoms in total. The van der Waals surface area contributed by atoms with E-state index in [1.807, 2.05) is 0 Å². The van der Waals surface area contributed by atoms with Gasteiger partial charge in [0.2, 0.25) is 0 Å². The Bertz CT molecular complexity index is 755. The zero-order valence-electron chi connectivity index (χ0n) is 20.6. The van der Waals surface area contributed by atoms with Gasteiger partial charge in [-0.15, -0.1) is 0 Å². The van der Waals surface area contributed by atoms with Crippen LogP contribution in [-0.2, 0) is 22.6 Å². The topological polar surface area (TPSA) is 24.9 Å². The molecule has 1 heterocycles. The molecule has 1 aliphatic heterocycles. The molecule has 4 heteroatoms. The number of rotatable bonds is 10. The van der Waals surface area contributed by atoms with Crippen LogP contribution in [0.5, 0.6) is 0 Å². The van der Waals surface area contributed by atoms with E-state index in [9.17, 15) is 0 Å². The number of ether oxygens (including phenoxy) is 2. The van der Waals surface area contributed by atoms with E-state index >= 15 is 0 Å². The summed E-state index contributed by atoms with van der Waals surface area (Å²) >= 11 is 0. The van der Waals surface area contributed by atoms with Crippen LogP contribution in [0.25, 0.3) is 0 Å². The Morgan fingerprint density at radius 2 is 1.36 bits per heavy atom. The number of benzene rings is 2. The van der Waals surface area contributed by atoms with Gasteiger partial charge in [-0.3, -0.25) is 9.80 Å². The summed E-state index contributed by atoms with van der Waals surface area (Å²) in [5.74, 6) is 0. The van der Waals surface area contributed by atoms with Gasteiger partial charge >= 0.3 is 0 Å². The van der Waals surface area contributed by atoms with E-state index in [-0.39, 0.29) is 0 Å². The van der Waals surface area contributed by atoms with Gasteiger partial charge < -0.3 is 9.47 Å². The molecule has 0 N–H and O–H groups in total. The van der Waals surface area contributed by atoms with Crippen molar-refractivity contribution in [2.75, 3.05) is 33.4 Å². The summed E-state index contributed by atoms with van der Waals surface area (Å²) in [4.78, 5) is 5.50. The molecule has 1 saturated carbocycles. The van der Waals surface area contributed by atoms with Gasteiger partial charge in [0.25, 0.3) is 0 Å². The lowest BCUT2D eigenvalue weighted by Crippen LogP contribution is -2.55. The van der Waals surface area contributed by atoms with Crippen LogP contribution in [0.4, 0.5) is 0 Å². The first-order valence-electron chi connectivity index (χ1n) is 12.8. The Kier molecular flexibility index (Phi) is 8.96. The summed E-state index contributed by atoms with van der Waals surface area (Å²) in [6.45, 7) is 8.37. The normalized spacial score (nSPS) is 24.9. The van der Waals surface area contributed by atoms with E-state index in [0.29, 0.717) is 24.3 Å². The lowest BCUT2D eigenvalue weighted by Gasteiger charge is -2.49. The van der Waals surface area contributed by atoms with E-state index in [1.165, 1.54) is 62.7 Å². The molecule has 2 fully saturated rings. The average Bonchev–Trinajstić information content (AvgIpc) is 2.86. The Balaban J connectivity index is 1.33. The van der Waals surface area contributed by atoms with Crippen LogP contribution < -0.4 is 0 Å². The molecule has 2 aliphatic rings. The quantitative estimate of drug-likeness (QED) is 0.445. The number of nitrogens with zero attached hydrogens (tertiary/aromatic N) is 2. The van der Waals surface area contributed by atoms with Gasteiger partial charge in [0.05, 0.1) is 19.3 Å². The predicted molar refractivity (Wildman–Crippen MR) is 135 cm³/mol. The highest BCUT2D eigenvalue weighted by Crippen LogP contribution is 2.37. The molecule has 0 atom stereocenters. The molecule has 2 aromatic rings. The van der Waals surface area contributed by atoms with Crippen molar-refractivity contribution in [3.8, 4) is 0 Å². The zero-order chi connectivity index (χ0) is 22.9. The van der Waals surface area contributed by atoms with E-state index < -0.39 is 0 Å². The third kappa shape index (κ3) is 6.89. The molecule has 4 rings (SSSR count). The van der Waals surface area contributed by atoms with E-state index in [1.54, 1.807) is 7.11 Å². The lowest BCUT2D eigenvalue weighted by atomic mass is 9.79. The van der Waals surface area contributed by atoms with Crippen molar-refractivity contribution in [2.24, 2.45) is 0 Å². The lowest BCUT2D eigenvalue weighted by molar-refractivity contribution is -0.0457. The first kappa shape index (κ1) is 24.4. The van der Waals surface area contributed by atoms with Crippen LogP contribution >= 0.6 is 0 Å². The van der Waals surface area contributed by atoms with Gasteiger partial charge in [0, 0.05) is 44.9 Å². The van der Waals surface area contributed by atoms with E-state index in [4.69, 9.17) is 9.47 Å². The van der Waals surface area contributed by atoms with Crippen molar-refractivity contribution < 1.29 is 9.47 Å². The van der Waals surface area contributed by atoms with Crippen LogP contribution in [0.1, 0.15) is 56.6 Å². The molecular formula is C29H42N2O2. The fourth-order valence-electron chi connectivity index (χ4n) is 5.72. The predicted octanol–water partition coefficient (Wildman–Crippen LogP) is 5.52. The van der Waals surface area contributed by atoms with Crippen molar-refractivity contribution in [1.82, 2.24) is 9.80 Å². The van der Waals surface area contributed by atoms with Crippen LogP contribution in [0, 0.1) is 0 Å². The highest BCUT2D eigenvalue weighted by molar-refractivity contribution is 5.17. The Morgan fingerprint density at radius 1 is 0.818 bits per heavy atom. The second kappa shape index (κ2) is 12.1. The molecule has 0 spiro atoms. The summed E-state index contributed by atoms with van der Waals surface area (Å²) < 4.78 is 11.2. The minimum absolute atomic E-state index is 0.329. The first-order chi connectivity index (χ1) is 16.2. The number of hydrogen-bond acceptors (Lipinski definition) is 4. The van der Waals surface area contributed by atoms with Gasteiger partial charge in [0.15, 0.2) is 0 Å². The van der Waals surface area contributed by atoms with Crippen LogP contribution in [0.3, 0.4) is 0 Å². The third-order valence-electron chi connectivity index (χ3n) is 7.85. The maximum Gasteiger partial charge on any atom is 0.0704 e. The van der Waals surface area contributed by atoms with E-state index in [2.05, 4.69) is 77.4 Å². The Labute approximate surface area is 200 Å². The monoisotopic (exact) mass is 450 g/mol. The molecule has 180 valence electrons. The van der Waals surface area contributed by atoms with Gasteiger partial charge in [0.1, 0.15) is 0 Å². The fourth-order valence-corrected chi connectivity index (χ4v) is 5.72. The van der Waals surface area contributed by atoms with E-state index in [0.717, 1.165) is 19.7 Å². The summed E-state index contributed by atoms with van der Waals surface area (Å²) in [5, 5.41) is 0.